The quantitative estimate of drug-likeness (QED) is 0.784. The second-order valence-corrected chi connectivity index (χ2v) is 9.54. The fourth-order valence-corrected chi connectivity index (χ4v) is 5.16. The van der Waals surface area contributed by atoms with Crippen molar-refractivity contribution in [3.63, 3.8) is 0 Å². The lowest BCUT2D eigenvalue weighted by Gasteiger charge is -2.41. The Morgan fingerprint density at radius 2 is 1.88 bits per heavy atom. The predicted molar refractivity (Wildman–Crippen MR) is 102 cm³/mol. The SMILES string of the molecule is CC(C)c1ccc(S(=O)(=O)N2CC[C@@H](N(C)C)[C@@H](CCC(=O)O)C2)cc1. The lowest BCUT2D eigenvalue weighted by Crippen LogP contribution is -2.50. The Hall–Kier alpha value is -1.44. The van der Waals surface area contributed by atoms with E-state index in [2.05, 4.69) is 18.7 Å². The minimum Gasteiger partial charge on any atom is -0.481 e. The van der Waals surface area contributed by atoms with Crippen LogP contribution in [0.3, 0.4) is 0 Å². The Balaban J connectivity index is 2.19. The van der Waals surface area contributed by atoms with Crippen LogP contribution < -0.4 is 0 Å². The minimum atomic E-state index is -3.56. The molecule has 1 N–H and O–H groups in total. The summed E-state index contributed by atoms with van der Waals surface area (Å²) in [6, 6.07) is 7.28. The van der Waals surface area contributed by atoms with E-state index < -0.39 is 16.0 Å². The van der Waals surface area contributed by atoms with Crippen LogP contribution in [0.4, 0.5) is 0 Å². The first-order valence-electron chi connectivity index (χ1n) is 9.11. The molecule has 1 fully saturated rings. The topological polar surface area (TPSA) is 77.9 Å². The number of sulfonamides is 1. The second-order valence-electron chi connectivity index (χ2n) is 7.60. The van der Waals surface area contributed by atoms with Gasteiger partial charge in [0.25, 0.3) is 0 Å². The van der Waals surface area contributed by atoms with E-state index in [9.17, 15) is 13.2 Å². The molecule has 0 bridgehead atoms. The molecule has 1 aliphatic heterocycles. The molecule has 7 heteroatoms. The predicted octanol–water partition coefficient (Wildman–Crippen LogP) is 2.62. The number of carboxylic acids is 1. The van der Waals surface area contributed by atoms with Crippen LogP contribution in [0.15, 0.2) is 29.2 Å². The molecule has 146 valence electrons. The Morgan fingerprint density at radius 1 is 1.27 bits per heavy atom. The molecule has 1 aromatic rings. The number of aliphatic carboxylic acids is 1. The summed E-state index contributed by atoms with van der Waals surface area (Å²) < 4.78 is 27.6. The van der Waals surface area contributed by atoms with Gasteiger partial charge in [-0.05, 0) is 56.5 Å². The maximum Gasteiger partial charge on any atom is 0.303 e. The van der Waals surface area contributed by atoms with Gasteiger partial charge in [0.05, 0.1) is 4.90 Å². The van der Waals surface area contributed by atoms with Crippen LogP contribution in [0.25, 0.3) is 0 Å². The number of hydrogen-bond acceptors (Lipinski definition) is 4. The van der Waals surface area contributed by atoms with Gasteiger partial charge in [0.1, 0.15) is 0 Å². The smallest absolute Gasteiger partial charge is 0.303 e. The van der Waals surface area contributed by atoms with Gasteiger partial charge in [0, 0.05) is 25.6 Å². The molecular weight excluding hydrogens is 352 g/mol. The number of benzene rings is 1. The Labute approximate surface area is 156 Å². The fraction of sp³-hybridized carbons (Fsp3) is 0.632. The van der Waals surface area contributed by atoms with E-state index in [1.807, 2.05) is 26.2 Å². The minimum absolute atomic E-state index is 0.0135. The standard InChI is InChI=1S/C19H30N2O4S/c1-14(2)15-5-8-17(9-6-15)26(24,25)21-12-11-18(20(3)4)16(13-21)7-10-19(22)23/h5-6,8-9,14,16,18H,7,10-13H2,1-4H3,(H,22,23)/t16-,18+/m0/s1. The highest BCUT2D eigenvalue weighted by Gasteiger charge is 2.36. The third-order valence-corrected chi connectivity index (χ3v) is 7.11. The van der Waals surface area contributed by atoms with E-state index in [0.717, 1.165) is 5.56 Å². The molecule has 0 radical (unpaired) electrons. The molecule has 26 heavy (non-hydrogen) atoms. The Morgan fingerprint density at radius 3 is 2.38 bits per heavy atom. The monoisotopic (exact) mass is 382 g/mol. The van der Waals surface area contributed by atoms with E-state index in [-0.39, 0.29) is 18.4 Å². The molecule has 2 atom stereocenters. The summed E-state index contributed by atoms with van der Waals surface area (Å²) in [4.78, 5) is 13.3. The average molecular weight is 383 g/mol. The molecular formula is C19H30N2O4S. The largest absolute Gasteiger partial charge is 0.481 e. The van der Waals surface area contributed by atoms with Crippen molar-refractivity contribution in [1.29, 1.82) is 0 Å². The summed E-state index contributed by atoms with van der Waals surface area (Å²) in [5, 5.41) is 9.00. The van der Waals surface area contributed by atoms with Crippen LogP contribution in [0.5, 0.6) is 0 Å². The van der Waals surface area contributed by atoms with E-state index in [0.29, 0.717) is 36.7 Å². The lowest BCUT2D eigenvalue weighted by molar-refractivity contribution is -0.137. The Kier molecular flexibility index (Phi) is 6.82. The van der Waals surface area contributed by atoms with E-state index in [4.69, 9.17) is 5.11 Å². The summed E-state index contributed by atoms with van der Waals surface area (Å²) in [5.74, 6) is -0.477. The number of piperidine rings is 1. The fourth-order valence-electron chi connectivity index (χ4n) is 3.65. The number of rotatable bonds is 7. The number of hydrogen-bond donors (Lipinski definition) is 1. The van der Waals surface area contributed by atoms with Crippen molar-refractivity contribution in [2.45, 2.75) is 50.0 Å². The summed E-state index contributed by atoms with van der Waals surface area (Å²) in [6.07, 6.45) is 1.25. The number of carboxylic acid groups (broad SMARTS) is 1. The molecule has 0 aromatic heterocycles. The maximum absolute atomic E-state index is 13.0. The summed E-state index contributed by atoms with van der Waals surface area (Å²) in [7, 11) is 0.373. The molecule has 2 rings (SSSR count). The highest BCUT2D eigenvalue weighted by molar-refractivity contribution is 7.89. The van der Waals surface area contributed by atoms with Crippen LogP contribution in [-0.2, 0) is 14.8 Å². The first kappa shape index (κ1) is 20.9. The van der Waals surface area contributed by atoms with Crippen molar-refractivity contribution in [3.05, 3.63) is 29.8 Å². The van der Waals surface area contributed by atoms with Gasteiger partial charge in [-0.15, -0.1) is 0 Å². The molecule has 6 nitrogen and oxygen atoms in total. The van der Waals surface area contributed by atoms with Gasteiger partial charge in [0.15, 0.2) is 0 Å². The van der Waals surface area contributed by atoms with Crippen LogP contribution in [0, 0.1) is 5.92 Å². The van der Waals surface area contributed by atoms with Crippen molar-refractivity contribution in [2.24, 2.45) is 5.92 Å². The molecule has 0 amide bonds. The first-order valence-corrected chi connectivity index (χ1v) is 10.5. The highest BCUT2D eigenvalue weighted by atomic mass is 32.2. The molecule has 1 aromatic carbocycles. The van der Waals surface area contributed by atoms with Crippen LogP contribution in [-0.4, -0.2) is 61.9 Å². The van der Waals surface area contributed by atoms with E-state index >= 15 is 0 Å². The van der Waals surface area contributed by atoms with Gasteiger partial charge in [-0.25, -0.2) is 8.42 Å². The summed E-state index contributed by atoms with van der Waals surface area (Å²) in [6.45, 7) is 4.97. The average Bonchev–Trinajstić information content (AvgIpc) is 2.59. The number of carbonyl (C=O) groups is 1. The van der Waals surface area contributed by atoms with Crippen molar-refractivity contribution in [1.82, 2.24) is 9.21 Å². The molecule has 1 saturated heterocycles. The highest BCUT2D eigenvalue weighted by Crippen LogP contribution is 2.29. The molecule has 0 unspecified atom stereocenters. The molecule has 0 saturated carbocycles. The third kappa shape index (κ3) is 4.84. The van der Waals surface area contributed by atoms with E-state index in [1.165, 1.54) is 4.31 Å². The molecule has 0 aliphatic carbocycles. The first-order chi connectivity index (χ1) is 12.1. The van der Waals surface area contributed by atoms with Crippen molar-refractivity contribution < 1.29 is 18.3 Å². The van der Waals surface area contributed by atoms with Gasteiger partial charge in [-0.1, -0.05) is 26.0 Å². The van der Waals surface area contributed by atoms with E-state index in [1.54, 1.807) is 12.1 Å². The van der Waals surface area contributed by atoms with Crippen LogP contribution in [0.1, 0.15) is 44.6 Å². The number of nitrogens with zero attached hydrogens (tertiary/aromatic N) is 2. The lowest BCUT2D eigenvalue weighted by atomic mass is 9.88. The summed E-state index contributed by atoms with van der Waals surface area (Å²) in [5.41, 5.74) is 1.11. The zero-order valence-corrected chi connectivity index (χ0v) is 16.9. The normalized spacial score (nSPS) is 22.1. The maximum atomic E-state index is 13.0. The van der Waals surface area contributed by atoms with Crippen LogP contribution >= 0.6 is 0 Å². The molecule has 0 spiro atoms. The third-order valence-electron chi connectivity index (χ3n) is 5.23. The van der Waals surface area contributed by atoms with Crippen molar-refractivity contribution in [2.75, 3.05) is 27.2 Å². The van der Waals surface area contributed by atoms with Gasteiger partial charge < -0.3 is 10.0 Å². The zero-order valence-electron chi connectivity index (χ0n) is 16.1. The second kappa shape index (κ2) is 8.50. The van der Waals surface area contributed by atoms with Crippen LogP contribution in [0.2, 0.25) is 0 Å². The van der Waals surface area contributed by atoms with Gasteiger partial charge in [0.2, 0.25) is 10.0 Å². The Bertz CT molecular complexity index is 714. The molecule has 1 heterocycles. The van der Waals surface area contributed by atoms with Gasteiger partial charge in [-0.3, -0.25) is 4.79 Å². The summed E-state index contributed by atoms with van der Waals surface area (Å²) >= 11 is 0. The van der Waals surface area contributed by atoms with Gasteiger partial charge in [-0.2, -0.15) is 4.31 Å². The van der Waals surface area contributed by atoms with Crippen molar-refractivity contribution >= 4 is 16.0 Å². The molecule has 1 aliphatic rings. The van der Waals surface area contributed by atoms with Crippen molar-refractivity contribution in [3.8, 4) is 0 Å². The zero-order chi connectivity index (χ0) is 19.5. The van der Waals surface area contributed by atoms with Gasteiger partial charge >= 0.3 is 5.97 Å².